The van der Waals surface area contributed by atoms with E-state index in [9.17, 15) is 14.3 Å². The summed E-state index contributed by atoms with van der Waals surface area (Å²) < 4.78 is 15.2. The van der Waals surface area contributed by atoms with E-state index in [2.05, 4.69) is 25.0 Å². The Kier molecular flexibility index (Phi) is 6.02. The molecule has 0 radical (unpaired) electrons. The quantitative estimate of drug-likeness (QED) is 0.716. The van der Waals surface area contributed by atoms with Crippen LogP contribution in [0, 0.1) is 17.2 Å². The van der Waals surface area contributed by atoms with Crippen LogP contribution in [0.5, 0.6) is 0 Å². The van der Waals surface area contributed by atoms with E-state index in [1.54, 1.807) is 19.1 Å². The largest absolute Gasteiger partial charge is 0.392 e. The van der Waals surface area contributed by atoms with Crippen molar-refractivity contribution in [3.8, 4) is 5.69 Å². The van der Waals surface area contributed by atoms with E-state index in [-0.39, 0.29) is 23.1 Å². The number of fused-ring (bicyclic) bond motifs is 2. The van der Waals surface area contributed by atoms with Gasteiger partial charge in [-0.2, -0.15) is 5.10 Å². The van der Waals surface area contributed by atoms with Crippen LogP contribution in [0.25, 0.3) is 11.8 Å². The predicted molar refractivity (Wildman–Crippen MR) is 119 cm³/mol. The molecule has 5 nitrogen and oxygen atoms in total. The number of aliphatic hydroxyl groups is 1. The minimum atomic E-state index is -0.531. The Bertz CT molecular complexity index is 979. The van der Waals surface area contributed by atoms with Crippen molar-refractivity contribution < 1.29 is 14.3 Å². The van der Waals surface area contributed by atoms with Gasteiger partial charge in [-0.3, -0.25) is 4.79 Å². The van der Waals surface area contributed by atoms with Crippen LogP contribution < -0.4 is 0 Å². The van der Waals surface area contributed by atoms with E-state index < -0.39 is 6.10 Å². The first-order valence-electron chi connectivity index (χ1n) is 11.3. The van der Waals surface area contributed by atoms with Gasteiger partial charge < -0.3 is 10.0 Å². The van der Waals surface area contributed by atoms with E-state index >= 15 is 0 Å². The summed E-state index contributed by atoms with van der Waals surface area (Å²) in [5.41, 5.74) is 4.03. The number of carbonyl (C=O) groups excluding carboxylic acids is 1. The van der Waals surface area contributed by atoms with Crippen LogP contribution in [-0.4, -0.2) is 44.9 Å². The van der Waals surface area contributed by atoms with Gasteiger partial charge in [-0.25, -0.2) is 9.07 Å². The summed E-state index contributed by atoms with van der Waals surface area (Å²) in [4.78, 5) is 15.4. The van der Waals surface area contributed by atoms with E-state index in [0.29, 0.717) is 13.1 Å². The molecule has 1 aromatic heterocycles. The minimum Gasteiger partial charge on any atom is -0.392 e. The fourth-order valence-corrected chi connectivity index (χ4v) is 5.21. The Hall–Kier alpha value is -2.47. The number of benzene rings is 1. The van der Waals surface area contributed by atoms with Gasteiger partial charge in [0.25, 0.3) is 0 Å². The summed E-state index contributed by atoms with van der Waals surface area (Å²) in [6, 6.07) is 6.36. The molecule has 1 unspecified atom stereocenters. The van der Waals surface area contributed by atoms with Crippen LogP contribution in [0.15, 0.2) is 36.0 Å². The predicted octanol–water partition coefficient (Wildman–Crippen LogP) is 4.38. The fourth-order valence-electron chi connectivity index (χ4n) is 5.21. The average Bonchev–Trinajstić information content (AvgIpc) is 3.28. The zero-order valence-electron chi connectivity index (χ0n) is 18.6. The lowest BCUT2D eigenvalue weighted by atomic mass is 9.69. The average molecular weight is 426 g/mol. The van der Waals surface area contributed by atoms with Crippen LogP contribution in [0.4, 0.5) is 4.39 Å². The summed E-state index contributed by atoms with van der Waals surface area (Å²) in [6.07, 6.45) is 7.98. The third-order valence-electron chi connectivity index (χ3n) is 6.91. The van der Waals surface area contributed by atoms with Crippen molar-refractivity contribution in [1.29, 1.82) is 0 Å². The molecule has 166 valence electrons. The number of carbonyl (C=O) groups is 1. The Morgan fingerprint density at radius 2 is 2.13 bits per heavy atom. The highest BCUT2D eigenvalue weighted by molar-refractivity contribution is 5.82. The number of amides is 1. The maximum Gasteiger partial charge on any atom is 0.226 e. The molecule has 1 N–H and O–H groups in total. The van der Waals surface area contributed by atoms with Gasteiger partial charge in [0, 0.05) is 24.4 Å². The van der Waals surface area contributed by atoms with Crippen molar-refractivity contribution in [2.45, 2.75) is 59.0 Å². The van der Waals surface area contributed by atoms with E-state index in [4.69, 9.17) is 0 Å². The lowest BCUT2D eigenvalue weighted by Crippen LogP contribution is -2.45. The highest BCUT2D eigenvalue weighted by atomic mass is 19.1. The van der Waals surface area contributed by atoms with Crippen LogP contribution in [-0.2, 0) is 11.2 Å². The van der Waals surface area contributed by atoms with Crippen molar-refractivity contribution in [3.05, 3.63) is 53.1 Å². The minimum absolute atomic E-state index is 0.0864. The number of halogens is 1. The van der Waals surface area contributed by atoms with Crippen LogP contribution >= 0.6 is 0 Å². The first-order chi connectivity index (χ1) is 14.8. The fraction of sp³-hybridized carbons (Fsp3) is 0.520. The third-order valence-corrected chi connectivity index (χ3v) is 6.91. The normalized spacial score (nSPS) is 23.1. The number of unbranched alkanes of at least 4 members (excludes halogenated alkanes) is 1. The molecule has 1 amide bonds. The van der Waals surface area contributed by atoms with Gasteiger partial charge in [-0.05, 0) is 68.5 Å². The van der Waals surface area contributed by atoms with Gasteiger partial charge in [0.2, 0.25) is 5.91 Å². The number of hydrogen-bond acceptors (Lipinski definition) is 3. The lowest BCUT2D eigenvalue weighted by Gasteiger charge is -2.38. The van der Waals surface area contributed by atoms with Crippen LogP contribution in [0.1, 0.15) is 57.7 Å². The van der Waals surface area contributed by atoms with Crippen molar-refractivity contribution in [2.24, 2.45) is 11.3 Å². The van der Waals surface area contributed by atoms with Gasteiger partial charge >= 0.3 is 0 Å². The molecule has 1 saturated carbocycles. The number of aliphatic hydroxyl groups excluding tert-OH is 1. The number of nitrogens with zero attached hydrogens (tertiary/aromatic N) is 3. The highest BCUT2D eigenvalue weighted by Gasteiger charge is 2.49. The van der Waals surface area contributed by atoms with E-state index in [1.807, 2.05) is 15.8 Å². The first-order valence-corrected chi connectivity index (χ1v) is 11.3. The van der Waals surface area contributed by atoms with Gasteiger partial charge in [0.05, 0.1) is 23.7 Å². The second-order valence-electron chi connectivity index (χ2n) is 9.29. The van der Waals surface area contributed by atoms with Crippen molar-refractivity contribution in [2.75, 3.05) is 13.1 Å². The molecule has 0 bridgehead atoms. The second-order valence-corrected chi connectivity index (χ2v) is 9.29. The monoisotopic (exact) mass is 425 g/mol. The summed E-state index contributed by atoms with van der Waals surface area (Å²) in [7, 11) is 0. The Morgan fingerprint density at radius 1 is 1.39 bits per heavy atom. The Labute approximate surface area is 183 Å². The zero-order valence-corrected chi connectivity index (χ0v) is 18.6. The van der Waals surface area contributed by atoms with Gasteiger partial charge in [0.15, 0.2) is 0 Å². The van der Waals surface area contributed by atoms with Crippen molar-refractivity contribution >= 4 is 12.0 Å². The molecule has 2 aliphatic rings. The molecule has 3 atom stereocenters. The summed E-state index contributed by atoms with van der Waals surface area (Å²) in [6.45, 7) is 7.14. The van der Waals surface area contributed by atoms with Crippen LogP contribution in [0.3, 0.4) is 0 Å². The molecule has 1 heterocycles. The molecular weight excluding hydrogens is 393 g/mol. The number of aromatic nitrogens is 2. The smallest absolute Gasteiger partial charge is 0.226 e. The molecule has 1 aromatic carbocycles. The van der Waals surface area contributed by atoms with Gasteiger partial charge in [0.1, 0.15) is 5.82 Å². The standard InChI is InChI=1S/C25H32FN3O2/c1-4-5-12-28(16-17(2)30)24(31)22-11-6-19-13-23-18(14-25(19,22)3)15-27-29(23)21-9-7-20(26)8-10-21/h7-10,13,15,17,22,30H,4-6,11-12,14,16H2,1-3H3/t17?,22-,25+/m1/s1. The van der Waals surface area contributed by atoms with Crippen LogP contribution in [0.2, 0.25) is 0 Å². The molecule has 0 saturated heterocycles. The molecule has 1 fully saturated rings. The molecule has 0 spiro atoms. The summed E-state index contributed by atoms with van der Waals surface area (Å²) in [5, 5.41) is 14.5. The zero-order chi connectivity index (χ0) is 22.2. The molecule has 4 rings (SSSR count). The van der Waals surface area contributed by atoms with E-state index in [0.717, 1.165) is 49.0 Å². The topological polar surface area (TPSA) is 58.4 Å². The van der Waals surface area contributed by atoms with Crippen molar-refractivity contribution in [3.63, 3.8) is 0 Å². The molecular formula is C25H32FN3O2. The van der Waals surface area contributed by atoms with Gasteiger partial charge in [-0.1, -0.05) is 25.8 Å². The summed E-state index contributed by atoms with van der Waals surface area (Å²) >= 11 is 0. The van der Waals surface area contributed by atoms with Crippen molar-refractivity contribution in [1.82, 2.24) is 14.7 Å². The Morgan fingerprint density at radius 3 is 2.81 bits per heavy atom. The molecule has 2 aliphatic carbocycles. The SMILES string of the molecule is CCCCN(CC(C)O)C(=O)[C@H]1CCC2=Cc3c(cnn3-c3ccc(F)cc3)C[C@@]21C. The molecule has 31 heavy (non-hydrogen) atoms. The number of hydrogen-bond donors (Lipinski definition) is 1. The molecule has 0 aliphatic heterocycles. The number of rotatable bonds is 7. The van der Waals surface area contributed by atoms with E-state index in [1.165, 1.54) is 17.7 Å². The molecule has 6 heteroatoms. The third kappa shape index (κ3) is 4.05. The summed E-state index contributed by atoms with van der Waals surface area (Å²) in [5.74, 6) is -0.191. The lowest BCUT2D eigenvalue weighted by molar-refractivity contribution is -0.139. The maximum atomic E-state index is 13.5. The van der Waals surface area contributed by atoms with Gasteiger partial charge in [-0.15, -0.1) is 0 Å². The number of allylic oxidation sites excluding steroid dienone is 1. The Balaban J connectivity index is 1.62. The second kappa shape index (κ2) is 8.58. The first kappa shape index (κ1) is 21.8. The highest BCUT2D eigenvalue weighted by Crippen LogP contribution is 2.53. The molecule has 2 aromatic rings. The maximum absolute atomic E-state index is 13.5.